The summed E-state index contributed by atoms with van der Waals surface area (Å²) in [7, 11) is 1.40. The second-order valence-corrected chi connectivity index (χ2v) is 5.51. The van der Waals surface area contributed by atoms with Crippen LogP contribution in [0.25, 0.3) is 0 Å². The predicted octanol–water partition coefficient (Wildman–Crippen LogP) is 3.48. The molecule has 3 nitrogen and oxygen atoms in total. The highest BCUT2D eigenvalue weighted by molar-refractivity contribution is 5.69. The lowest BCUT2D eigenvalue weighted by molar-refractivity contribution is -0.141. The summed E-state index contributed by atoms with van der Waals surface area (Å²) in [6, 6.07) is 16.5. The van der Waals surface area contributed by atoms with E-state index in [-0.39, 0.29) is 17.8 Å². The zero-order valence-electron chi connectivity index (χ0n) is 13.3. The topological polar surface area (TPSA) is 38.3 Å². The van der Waals surface area contributed by atoms with Gasteiger partial charge in [0.05, 0.1) is 13.5 Å². The summed E-state index contributed by atoms with van der Waals surface area (Å²) in [6.07, 6.45) is 1.89. The fourth-order valence-corrected chi connectivity index (χ4v) is 2.41. The van der Waals surface area contributed by atoms with Gasteiger partial charge < -0.3 is 10.1 Å². The molecular formula is C19H22FNO2. The number of rotatable bonds is 8. The molecule has 0 bridgehead atoms. The summed E-state index contributed by atoms with van der Waals surface area (Å²) >= 11 is 0. The highest BCUT2D eigenvalue weighted by atomic mass is 19.1. The zero-order chi connectivity index (χ0) is 16.5. The lowest BCUT2D eigenvalue weighted by Crippen LogP contribution is -2.32. The van der Waals surface area contributed by atoms with Crippen molar-refractivity contribution < 1.29 is 13.9 Å². The molecule has 1 N–H and O–H groups in total. The molecule has 0 spiro atoms. The number of hydrogen-bond donors (Lipinski definition) is 1. The molecule has 2 rings (SSSR count). The maximum absolute atomic E-state index is 12.9. The van der Waals surface area contributed by atoms with Gasteiger partial charge in [0.1, 0.15) is 5.82 Å². The van der Waals surface area contributed by atoms with E-state index in [2.05, 4.69) is 5.32 Å². The molecule has 1 atom stereocenters. The van der Waals surface area contributed by atoms with Crippen LogP contribution >= 0.6 is 0 Å². The fraction of sp³-hybridized carbons (Fsp3) is 0.316. The number of esters is 1. The van der Waals surface area contributed by atoms with E-state index in [9.17, 15) is 9.18 Å². The summed E-state index contributed by atoms with van der Waals surface area (Å²) in [5, 5.41) is 3.41. The first-order valence-electron chi connectivity index (χ1n) is 7.76. The van der Waals surface area contributed by atoms with Crippen molar-refractivity contribution in [2.24, 2.45) is 0 Å². The van der Waals surface area contributed by atoms with E-state index in [1.54, 1.807) is 12.1 Å². The highest BCUT2D eigenvalue weighted by Crippen LogP contribution is 2.10. The molecule has 2 aromatic carbocycles. The third-order valence-corrected chi connectivity index (χ3v) is 3.77. The Labute approximate surface area is 136 Å². The third kappa shape index (κ3) is 6.20. The predicted molar refractivity (Wildman–Crippen MR) is 88.4 cm³/mol. The van der Waals surface area contributed by atoms with Crippen molar-refractivity contribution in [3.8, 4) is 0 Å². The quantitative estimate of drug-likeness (QED) is 0.758. The molecule has 0 fully saturated rings. The van der Waals surface area contributed by atoms with E-state index in [0.29, 0.717) is 13.0 Å². The number of hydrogen-bond acceptors (Lipinski definition) is 3. The van der Waals surface area contributed by atoms with E-state index in [4.69, 9.17) is 4.74 Å². The molecule has 2 aromatic rings. The lowest BCUT2D eigenvalue weighted by Gasteiger charge is -2.18. The molecule has 0 aliphatic carbocycles. The molecule has 0 amide bonds. The first-order valence-corrected chi connectivity index (χ1v) is 7.76. The largest absolute Gasteiger partial charge is 0.469 e. The Hall–Kier alpha value is -2.20. The minimum atomic E-state index is -0.234. The van der Waals surface area contributed by atoms with E-state index >= 15 is 0 Å². The monoisotopic (exact) mass is 315 g/mol. The molecule has 0 aliphatic rings. The van der Waals surface area contributed by atoms with E-state index in [1.807, 2.05) is 30.3 Å². The number of ether oxygens (including phenoxy) is 1. The standard InChI is InChI=1S/C19H22FNO2/c1-23-19(22)13-18(21-14-16-5-3-2-4-6-16)12-9-15-7-10-17(20)11-8-15/h2-8,10-11,18,21H,9,12-14H2,1H3. The molecule has 0 saturated carbocycles. The van der Waals surface area contributed by atoms with Crippen LogP contribution in [-0.4, -0.2) is 19.1 Å². The number of halogens is 1. The first-order chi connectivity index (χ1) is 11.2. The minimum Gasteiger partial charge on any atom is -0.469 e. The molecule has 0 heterocycles. The second kappa shape index (κ2) is 9.06. The van der Waals surface area contributed by atoms with Crippen LogP contribution in [0, 0.1) is 5.82 Å². The van der Waals surface area contributed by atoms with E-state index in [0.717, 1.165) is 18.4 Å². The van der Waals surface area contributed by atoms with Crippen molar-refractivity contribution in [1.82, 2.24) is 5.32 Å². The van der Waals surface area contributed by atoms with Gasteiger partial charge in [-0.15, -0.1) is 0 Å². The van der Waals surface area contributed by atoms with Gasteiger partial charge in [-0.2, -0.15) is 0 Å². The molecule has 0 saturated heterocycles. The molecule has 23 heavy (non-hydrogen) atoms. The van der Waals surface area contributed by atoms with Crippen LogP contribution < -0.4 is 5.32 Å². The Bertz CT molecular complexity index is 599. The van der Waals surface area contributed by atoms with Gasteiger partial charge in [-0.25, -0.2) is 4.39 Å². The summed E-state index contributed by atoms with van der Waals surface area (Å²) in [5.74, 6) is -0.461. The van der Waals surface area contributed by atoms with Crippen molar-refractivity contribution in [3.05, 3.63) is 71.5 Å². The Balaban J connectivity index is 1.90. The Morgan fingerprint density at radius 3 is 2.43 bits per heavy atom. The van der Waals surface area contributed by atoms with E-state index < -0.39 is 0 Å². The maximum Gasteiger partial charge on any atom is 0.307 e. The van der Waals surface area contributed by atoms with Crippen molar-refractivity contribution >= 4 is 5.97 Å². The van der Waals surface area contributed by atoms with Crippen LogP contribution in [0.4, 0.5) is 4.39 Å². The van der Waals surface area contributed by atoms with Gasteiger partial charge in [-0.05, 0) is 36.1 Å². The van der Waals surface area contributed by atoms with Gasteiger partial charge in [0.15, 0.2) is 0 Å². The Kier molecular flexibility index (Phi) is 6.76. The average Bonchev–Trinajstić information content (AvgIpc) is 2.59. The molecule has 4 heteroatoms. The van der Waals surface area contributed by atoms with Gasteiger partial charge in [-0.3, -0.25) is 4.79 Å². The molecule has 1 unspecified atom stereocenters. The van der Waals surface area contributed by atoms with Gasteiger partial charge in [0.25, 0.3) is 0 Å². The average molecular weight is 315 g/mol. The summed E-state index contributed by atoms with van der Waals surface area (Å²) in [4.78, 5) is 11.6. The molecule has 0 aromatic heterocycles. The van der Waals surface area contributed by atoms with Crippen molar-refractivity contribution in [3.63, 3.8) is 0 Å². The summed E-state index contributed by atoms with van der Waals surface area (Å²) in [5.41, 5.74) is 2.23. The van der Waals surface area contributed by atoms with Crippen molar-refractivity contribution in [2.45, 2.75) is 31.8 Å². The van der Waals surface area contributed by atoms with Crippen LogP contribution in [0.2, 0.25) is 0 Å². The number of carbonyl (C=O) groups is 1. The lowest BCUT2D eigenvalue weighted by atomic mass is 10.0. The molecule has 122 valence electrons. The fourth-order valence-electron chi connectivity index (χ4n) is 2.41. The number of aryl methyl sites for hydroxylation is 1. The smallest absolute Gasteiger partial charge is 0.307 e. The number of carbonyl (C=O) groups excluding carboxylic acids is 1. The van der Waals surface area contributed by atoms with Crippen molar-refractivity contribution in [2.75, 3.05) is 7.11 Å². The summed E-state index contributed by atoms with van der Waals surface area (Å²) < 4.78 is 17.7. The minimum absolute atomic E-state index is 0.0210. The molecular weight excluding hydrogens is 293 g/mol. The van der Waals surface area contributed by atoms with Crippen molar-refractivity contribution in [1.29, 1.82) is 0 Å². The third-order valence-electron chi connectivity index (χ3n) is 3.77. The number of nitrogens with one attached hydrogen (secondary N) is 1. The zero-order valence-corrected chi connectivity index (χ0v) is 13.3. The van der Waals surface area contributed by atoms with Crippen LogP contribution in [0.3, 0.4) is 0 Å². The number of methoxy groups -OCH3 is 1. The summed E-state index contributed by atoms with van der Waals surface area (Å²) in [6.45, 7) is 0.700. The van der Waals surface area contributed by atoms with Gasteiger partial charge in [-0.1, -0.05) is 42.5 Å². The SMILES string of the molecule is COC(=O)CC(CCc1ccc(F)cc1)NCc1ccccc1. The molecule has 0 radical (unpaired) electrons. The highest BCUT2D eigenvalue weighted by Gasteiger charge is 2.14. The van der Waals surface area contributed by atoms with Gasteiger partial charge >= 0.3 is 5.97 Å². The van der Waals surface area contributed by atoms with Gasteiger partial charge in [0.2, 0.25) is 0 Å². The van der Waals surface area contributed by atoms with E-state index in [1.165, 1.54) is 24.8 Å². The number of benzene rings is 2. The second-order valence-electron chi connectivity index (χ2n) is 5.51. The van der Waals surface area contributed by atoms with Gasteiger partial charge in [0, 0.05) is 12.6 Å². The Morgan fingerprint density at radius 1 is 1.09 bits per heavy atom. The van der Waals surface area contributed by atoms with Crippen LogP contribution in [0.15, 0.2) is 54.6 Å². The molecule has 0 aliphatic heterocycles. The maximum atomic E-state index is 12.9. The first kappa shape index (κ1) is 17.2. The van der Waals surface area contributed by atoms with Crippen LogP contribution in [-0.2, 0) is 22.5 Å². The Morgan fingerprint density at radius 2 is 1.78 bits per heavy atom. The van der Waals surface area contributed by atoms with Crippen LogP contribution in [0.1, 0.15) is 24.0 Å². The van der Waals surface area contributed by atoms with Crippen LogP contribution in [0.5, 0.6) is 0 Å². The normalized spacial score (nSPS) is 11.9.